The van der Waals surface area contributed by atoms with E-state index in [4.69, 9.17) is 0 Å². The Morgan fingerprint density at radius 2 is 2.10 bits per heavy atom. The molecule has 0 unspecified atom stereocenters. The zero-order valence-electron chi connectivity index (χ0n) is 6.82. The van der Waals surface area contributed by atoms with Crippen LogP contribution in [-0.2, 0) is 0 Å². The molecule has 2 rings (SSSR count). The second-order valence-corrected chi connectivity index (χ2v) is 3.98. The Morgan fingerprint density at radius 1 is 1.30 bits per heavy atom. The summed E-state index contributed by atoms with van der Waals surface area (Å²) in [6.07, 6.45) is 11.2. The van der Waals surface area contributed by atoms with Crippen molar-refractivity contribution in [3.05, 3.63) is 11.6 Å². The molecule has 0 aromatic rings. The molecule has 56 valence electrons. The van der Waals surface area contributed by atoms with Crippen LogP contribution in [0, 0.1) is 5.41 Å². The lowest BCUT2D eigenvalue weighted by Gasteiger charge is -2.37. The molecule has 0 amide bonds. The van der Waals surface area contributed by atoms with Crippen molar-refractivity contribution in [3.63, 3.8) is 0 Å². The van der Waals surface area contributed by atoms with E-state index in [2.05, 4.69) is 13.0 Å². The smallest absolute Gasteiger partial charge is 0.0257 e. The molecule has 0 heteroatoms. The van der Waals surface area contributed by atoms with Crippen LogP contribution in [0.5, 0.6) is 0 Å². The predicted molar refractivity (Wildman–Crippen MR) is 43.9 cm³/mol. The summed E-state index contributed by atoms with van der Waals surface area (Å²) in [7, 11) is 0. The van der Waals surface area contributed by atoms with Crippen molar-refractivity contribution in [1.29, 1.82) is 0 Å². The Labute approximate surface area is 63.3 Å². The molecule has 0 aliphatic heterocycles. The second kappa shape index (κ2) is 2.11. The summed E-state index contributed by atoms with van der Waals surface area (Å²) in [5.74, 6) is 0. The zero-order valence-corrected chi connectivity index (χ0v) is 6.82. The first kappa shape index (κ1) is 6.45. The summed E-state index contributed by atoms with van der Waals surface area (Å²) in [6.45, 7) is 2.19. The van der Waals surface area contributed by atoms with Crippen molar-refractivity contribution in [2.45, 2.75) is 45.4 Å². The van der Waals surface area contributed by atoms with Crippen LogP contribution in [0.15, 0.2) is 11.6 Å². The van der Waals surface area contributed by atoms with E-state index >= 15 is 0 Å². The number of allylic oxidation sites excluding steroid dienone is 2. The fraction of sp³-hybridized carbons (Fsp3) is 0.800. The molecule has 2 saturated carbocycles. The fourth-order valence-corrected chi connectivity index (χ4v) is 2.43. The first-order chi connectivity index (χ1) is 4.85. The minimum Gasteiger partial charge on any atom is -0.0884 e. The van der Waals surface area contributed by atoms with E-state index in [0.717, 1.165) is 5.41 Å². The highest BCUT2D eigenvalue weighted by molar-refractivity contribution is 5.13. The van der Waals surface area contributed by atoms with Gasteiger partial charge in [0.1, 0.15) is 0 Å². The molecule has 0 N–H and O–H groups in total. The van der Waals surface area contributed by atoms with Crippen LogP contribution in [0.3, 0.4) is 0 Å². The van der Waals surface area contributed by atoms with Gasteiger partial charge in [-0.1, -0.05) is 18.1 Å². The van der Waals surface area contributed by atoms with Crippen molar-refractivity contribution < 1.29 is 0 Å². The van der Waals surface area contributed by atoms with E-state index in [9.17, 15) is 0 Å². The molecule has 0 saturated heterocycles. The summed E-state index contributed by atoms with van der Waals surface area (Å²) < 4.78 is 0. The average Bonchev–Trinajstić information content (AvgIpc) is 2.29. The zero-order chi connectivity index (χ0) is 7.03. The van der Waals surface area contributed by atoms with Gasteiger partial charge in [0, 0.05) is 0 Å². The molecule has 2 aliphatic carbocycles. The molecule has 0 bridgehead atoms. The molecule has 0 nitrogen and oxygen atoms in total. The average molecular weight is 136 g/mol. The van der Waals surface area contributed by atoms with Crippen molar-refractivity contribution in [2.75, 3.05) is 0 Å². The van der Waals surface area contributed by atoms with Crippen molar-refractivity contribution in [3.8, 4) is 0 Å². The third-order valence-electron chi connectivity index (χ3n) is 3.40. The molecule has 0 atom stereocenters. The largest absolute Gasteiger partial charge is 0.0884 e. The van der Waals surface area contributed by atoms with Crippen molar-refractivity contribution in [1.82, 2.24) is 0 Å². The minimum atomic E-state index is 0.821. The van der Waals surface area contributed by atoms with Gasteiger partial charge in [0.2, 0.25) is 0 Å². The molecule has 10 heavy (non-hydrogen) atoms. The second-order valence-electron chi connectivity index (χ2n) is 3.98. The first-order valence-electron chi connectivity index (χ1n) is 4.49. The third kappa shape index (κ3) is 0.817. The summed E-state index contributed by atoms with van der Waals surface area (Å²) in [6, 6.07) is 0. The van der Waals surface area contributed by atoms with Crippen LogP contribution in [0.1, 0.15) is 45.4 Å². The lowest BCUT2D eigenvalue weighted by atomic mass is 9.67. The van der Waals surface area contributed by atoms with E-state index in [1.807, 2.05) is 0 Å². The summed E-state index contributed by atoms with van der Waals surface area (Å²) in [5.41, 5.74) is 2.54. The Morgan fingerprint density at radius 3 is 2.40 bits per heavy atom. The van der Waals surface area contributed by atoms with E-state index in [-0.39, 0.29) is 0 Å². The fourth-order valence-electron chi connectivity index (χ4n) is 2.43. The lowest BCUT2D eigenvalue weighted by molar-refractivity contribution is 0.148. The van der Waals surface area contributed by atoms with E-state index in [1.54, 1.807) is 5.57 Å². The topological polar surface area (TPSA) is 0 Å². The van der Waals surface area contributed by atoms with Crippen molar-refractivity contribution >= 4 is 0 Å². The first-order valence-corrected chi connectivity index (χ1v) is 4.49. The lowest BCUT2D eigenvalue weighted by Crippen LogP contribution is -2.25. The van der Waals surface area contributed by atoms with Crippen LogP contribution in [0.4, 0.5) is 0 Å². The van der Waals surface area contributed by atoms with Crippen LogP contribution >= 0.6 is 0 Å². The molecular weight excluding hydrogens is 120 g/mol. The van der Waals surface area contributed by atoms with Gasteiger partial charge in [-0.15, -0.1) is 0 Å². The number of hydrogen-bond acceptors (Lipinski definition) is 0. The molecular formula is C10H16. The van der Waals surface area contributed by atoms with Crippen LogP contribution in [-0.4, -0.2) is 0 Å². The van der Waals surface area contributed by atoms with Gasteiger partial charge >= 0.3 is 0 Å². The number of hydrogen-bond donors (Lipinski definition) is 0. The van der Waals surface area contributed by atoms with E-state index in [0.29, 0.717) is 0 Å². The third-order valence-corrected chi connectivity index (χ3v) is 3.40. The molecule has 2 aliphatic rings. The summed E-state index contributed by atoms with van der Waals surface area (Å²) in [4.78, 5) is 0. The molecule has 0 aromatic heterocycles. The minimum absolute atomic E-state index is 0.821. The normalized spacial score (nSPS) is 33.1. The Kier molecular flexibility index (Phi) is 1.36. The maximum atomic E-state index is 2.33. The molecule has 0 aromatic carbocycles. The molecule has 0 radical (unpaired) electrons. The highest BCUT2D eigenvalue weighted by Gasteiger charge is 2.40. The van der Waals surface area contributed by atoms with Gasteiger partial charge in [-0.25, -0.2) is 0 Å². The quantitative estimate of drug-likeness (QED) is 0.448. The van der Waals surface area contributed by atoms with E-state index < -0.39 is 0 Å². The highest BCUT2D eigenvalue weighted by Crippen LogP contribution is 2.54. The Bertz CT molecular complexity index is 161. The Hall–Kier alpha value is -0.260. The van der Waals surface area contributed by atoms with Gasteiger partial charge in [-0.05, 0) is 44.4 Å². The van der Waals surface area contributed by atoms with Crippen LogP contribution in [0.2, 0.25) is 0 Å². The van der Waals surface area contributed by atoms with Gasteiger partial charge in [0.05, 0.1) is 0 Å². The van der Waals surface area contributed by atoms with Gasteiger partial charge < -0.3 is 0 Å². The highest BCUT2D eigenvalue weighted by atomic mass is 14.5. The van der Waals surface area contributed by atoms with Gasteiger partial charge in [-0.2, -0.15) is 0 Å². The van der Waals surface area contributed by atoms with Crippen LogP contribution in [0.25, 0.3) is 0 Å². The maximum Gasteiger partial charge on any atom is -0.0257 e. The van der Waals surface area contributed by atoms with Gasteiger partial charge in [0.15, 0.2) is 0 Å². The molecule has 0 heterocycles. The predicted octanol–water partition coefficient (Wildman–Crippen LogP) is 3.29. The van der Waals surface area contributed by atoms with Gasteiger partial charge in [0.25, 0.3) is 0 Å². The standard InChI is InChI=1S/C10H16/c1-2-9-4-7-10(8-9)5-3-6-10/h2H,3-8H2,1H3/b9-2-. The summed E-state index contributed by atoms with van der Waals surface area (Å²) >= 11 is 0. The Balaban J connectivity index is 2.05. The SMILES string of the molecule is C/C=C1/CCC2(CCC2)C1. The molecule has 1 spiro atoms. The molecule has 2 fully saturated rings. The van der Waals surface area contributed by atoms with Crippen LogP contribution < -0.4 is 0 Å². The van der Waals surface area contributed by atoms with E-state index in [1.165, 1.54) is 38.5 Å². The van der Waals surface area contributed by atoms with Crippen molar-refractivity contribution in [2.24, 2.45) is 5.41 Å². The van der Waals surface area contributed by atoms with Gasteiger partial charge in [-0.3, -0.25) is 0 Å². The number of rotatable bonds is 0. The summed E-state index contributed by atoms with van der Waals surface area (Å²) in [5, 5.41) is 0. The monoisotopic (exact) mass is 136 g/mol. The maximum absolute atomic E-state index is 2.33.